The molecule has 0 radical (unpaired) electrons. The van der Waals surface area contributed by atoms with Crippen molar-refractivity contribution in [3.63, 3.8) is 0 Å². The van der Waals surface area contributed by atoms with E-state index in [2.05, 4.69) is 36.6 Å². The molecule has 2 aliphatic rings. The fourth-order valence-corrected chi connectivity index (χ4v) is 4.25. The maximum absolute atomic E-state index is 3.63. The van der Waals surface area contributed by atoms with Crippen LogP contribution in [0.25, 0.3) is 0 Å². The van der Waals surface area contributed by atoms with Gasteiger partial charge in [-0.15, -0.1) is 0 Å². The first-order chi connectivity index (χ1) is 10.4. The van der Waals surface area contributed by atoms with Gasteiger partial charge in [-0.05, 0) is 49.3 Å². The van der Waals surface area contributed by atoms with E-state index < -0.39 is 0 Å². The standard InChI is InChI=1S/C20H31N/c1-21-20(15-16-9-4-2-3-5-10-16)19-14-7-6-13-18(19)17-11-8-12-17/h6-7,13-14,16-17,20-21H,2-5,8-12,15H2,1H3. The third-order valence-electron chi connectivity index (χ3n) is 5.81. The van der Waals surface area contributed by atoms with E-state index in [9.17, 15) is 0 Å². The van der Waals surface area contributed by atoms with Crippen molar-refractivity contribution in [1.29, 1.82) is 0 Å². The molecule has 1 N–H and O–H groups in total. The number of nitrogens with one attached hydrogen (secondary N) is 1. The maximum atomic E-state index is 3.63. The van der Waals surface area contributed by atoms with Crippen LogP contribution in [0.4, 0.5) is 0 Å². The zero-order chi connectivity index (χ0) is 14.5. The van der Waals surface area contributed by atoms with Crippen molar-refractivity contribution in [2.45, 2.75) is 76.2 Å². The molecule has 1 aromatic rings. The average Bonchev–Trinajstić information content (AvgIpc) is 2.72. The van der Waals surface area contributed by atoms with Crippen LogP contribution in [0.1, 0.15) is 87.3 Å². The zero-order valence-electron chi connectivity index (χ0n) is 13.6. The first kappa shape index (κ1) is 15.1. The van der Waals surface area contributed by atoms with E-state index in [0.717, 1.165) is 11.8 Å². The molecule has 21 heavy (non-hydrogen) atoms. The Kier molecular flexibility index (Phi) is 5.35. The molecule has 1 atom stereocenters. The predicted octanol–water partition coefficient (Wildman–Crippen LogP) is 5.58. The third-order valence-corrected chi connectivity index (χ3v) is 5.81. The van der Waals surface area contributed by atoms with E-state index >= 15 is 0 Å². The first-order valence-corrected chi connectivity index (χ1v) is 9.14. The van der Waals surface area contributed by atoms with Crippen LogP contribution < -0.4 is 5.32 Å². The molecule has 1 unspecified atom stereocenters. The van der Waals surface area contributed by atoms with E-state index in [1.54, 1.807) is 11.1 Å². The Balaban J connectivity index is 1.72. The number of hydrogen-bond acceptors (Lipinski definition) is 1. The van der Waals surface area contributed by atoms with Crippen molar-refractivity contribution in [1.82, 2.24) is 5.32 Å². The number of benzene rings is 1. The van der Waals surface area contributed by atoms with Crippen LogP contribution in [0.2, 0.25) is 0 Å². The summed E-state index contributed by atoms with van der Waals surface area (Å²) < 4.78 is 0. The van der Waals surface area contributed by atoms with Gasteiger partial charge in [0.2, 0.25) is 0 Å². The highest BCUT2D eigenvalue weighted by Crippen LogP contribution is 2.41. The van der Waals surface area contributed by atoms with E-state index in [-0.39, 0.29) is 0 Å². The average molecular weight is 285 g/mol. The molecule has 0 heterocycles. The molecule has 3 rings (SSSR count). The smallest absolute Gasteiger partial charge is 0.0323 e. The van der Waals surface area contributed by atoms with Gasteiger partial charge in [0.15, 0.2) is 0 Å². The maximum Gasteiger partial charge on any atom is 0.0323 e. The molecule has 2 saturated carbocycles. The summed E-state index contributed by atoms with van der Waals surface area (Å²) in [6.07, 6.45) is 14.3. The fraction of sp³-hybridized carbons (Fsp3) is 0.700. The van der Waals surface area contributed by atoms with Gasteiger partial charge in [0, 0.05) is 6.04 Å². The second kappa shape index (κ2) is 7.45. The van der Waals surface area contributed by atoms with Gasteiger partial charge in [-0.1, -0.05) is 69.2 Å². The molecule has 1 aromatic carbocycles. The SMILES string of the molecule is CNC(CC1CCCCCC1)c1ccccc1C1CCC1. The van der Waals surface area contributed by atoms with E-state index in [1.165, 1.54) is 64.2 Å². The van der Waals surface area contributed by atoms with Gasteiger partial charge in [-0.3, -0.25) is 0 Å². The Morgan fingerprint density at radius 3 is 2.29 bits per heavy atom. The lowest BCUT2D eigenvalue weighted by atomic mass is 9.76. The number of rotatable bonds is 5. The topological polar surface area (TPSA) is 12.0 Å². The Bertz CT molecular complexity index is 427. The molecule has 0 amide bonds. The second-order valence-electron chi connectivity index (χ2n) is 7.19. The molecule has 2 aliphatic carbocycles. The fourth-order valence-electron chi connectivity index (χ4n) is 4.25. The summed E-state index contributed by atoms with van der Waals surface area (Å²) in [5.41, 5.74) is 3.23. The van der Waals surface area contributed by atoms with Crippen LogP contribution in [0.3, 0.4) is 0 Å². The van der Waals surface area contributed by atoms with Gasteiger partial charge in [0.25, 0.3) is 0 Å². The molecule has 1 nitrogen and oxygen atoms in total. The minimum Gasteiger partial charge on any atom is -0.313 e. The summed E-state index contributed by atoms with van der Waals surface area (Å²) in [7, 11) is 2.15. The minimum atomic E-state index is 0.560. The van der Waals surface area contributed by atoms with Crippen LogP contribution in [-0.4, -0.2) is 7.05 Å². The van der Waals surface area contributed by atoms with Crippen molar-refractivity contribution in [3.8, 4) is 0 Å². The molecule has 2 fully saturated rings. The molecule has 0 aliphatic heterocycles. The van der Waals surface area contributed by atoms with Crippen LogP contribution >= 0.6 is 0 Å². The number of hydrogen-bond donors (Lipinski definition) is 1. The lowest BCUT2D eigenvalue weighted by Crippen LogP contribution is -2.23. The Morgan fingerprint density at radius 1 is 0.952 bits per heavy atom. The molecule has 1 heteroatoms. The Labute approximate surface area is 130 Å². The van der Waals surface area contributed by atoms with Gasteiger partial charge in [-0.25, -0.2) is 0 Å². The van der Waals surface area contributed by atoms with Crippen molar-refractivity contribution in [2.24, 2.45) is 5.92 Å². The summed E-state index contributed by atoms with van der Waals surface area (Å²) in [5.74, 6) is 1.77. The highest BCUT2D eigenvalue weighted by molar-refractivity contribution is 5.34. The zero-order valence-corrected chi connectivity index (χ0v) is 13.6. The normalized spacial score (nSPS) is 22.5. The lowest BCUT2D eigenvalue weighted by Gasteiger charge is -2.31. The van der Waals surface area contributed by atoms with Crippen molar-refractivity contribution >= 4 is 0 Å². The van der Waals surface area contributed by atoms with Gasteiger partial charge in [0.05, 0.1) is 0 Å². The quantitative estimate of drug-likeness (QED) is 0.697. The summed E-state index contributed by atoms with van der Waals surface area (Å²) >= 11 is 0. The molecule has 0 bridgehead atoms. The van der Waals surface area contributed by atoms with Crippen LogP contribution in [-0.2, 0) is 0 Å². The summed E-state index contributed by atoms with van der Waals surface area (Å²) in [5, 5.41) is 3.63. The monoisotopic (exact) mass is 285 g/mol. The largest absolute Gasteiger partial charge is 0.313 e. The Morgan fingerprint density at radius 2 is 1.67 bits per heavy atom. The molecule has 0 aromatic heterocycles. The lowest BCUT2D eigenvalue weighted by molar-refractivity contribution is 0.360. The molecular formula is C20H31N. The Hall–Kier alpha value is -0.820. The van der Waals surface area contributed by atoms with Gasteiger partial charge >= 0.3 is 0 Å². The van der Waals surface area contributed by atoms with Gasteiger partial charge in [0.1, 0.15) is 0 Å². The minimum absolute atomic E-state index is 0.560. The van der Waals surface area contributed by atoms with Gasteiger partial charge < -0.3 is 5.32 Å². The third kappa shape index (κ3) is 3.69. The van der Waals surface area contributed by atoms with Crippen LogP contribution in [0.5, 0.6) is 0 Å². The summed E-state index contributed by atoms with van der Waals surface area (Å²) in [6.45, 7) is 0. The van der Waals surface area contributed by atoms with E-state index in [1.807, 2.05) is 0 Å². The van der Waals surface area contributed by atoms with Crippen molar-refractivity contribution < 1.29 is 0 Å². The first-order valence-electron chi connectivity index (χ1n) is 9.14. The van der Waals surface area contributed by atoms with E-state index in [0.29, 0.717) is 6.04 Å². The highest BCUT2D eigenvalue weighted by Gasteiger charge is 2.26. The van der Waals surface area contributed by atoms with Crippen molar-refractivity contribution in [3.05, 3.63) is 35.4 Å². The predicted molar refractivity (Wildman–Crippen MR) is 90.6 cm³/mol. The molecule has 116 valence electrons. The van der Waals surface area contributed by atoms with Crippen LogP contribution in [0, 0.1) is 5.92 Å². The summed E-state index contributed by atoms with van der Waals surface area (Å²) in [6, 6.07) is 9.79. The molecular weight excluding hydrogens is 254 g/mol. The molecule has 0 spiro atoms. The second-order valence-corrected chi connectivity index (χ2v) is 7.19. The van der Waals surface area contributed by atoms with Gasteiger partial charge in [-0.2, -0.15) is 0 Å². The highest BCUT2D eigenvalue weighted by atomic mass is 14.9. The summed E-state index contributed by atoms with van der Waals surface area (Å²) in [4.78, 5) is 0. The van der Waals surface area contributed by atoms with E-state index in [4.69, 9.17) is 0 Å². The van der Waals surface area contributed by atoms with Crippen molar-refractivity contribution in [2.75, 3.05) is 7.05 Å². The van der Waals surface area contributed by atoms with Crippen LogP contribution in [0.15, 0.2) is 24.3 Å². The molecule has 0 saturated heterocycles.